The SMILES string of the molecule is COC[C@H]1C[C@@H](c2nc3ccc4cc5c(cc4c3[nH]2)OCc2cc(-c3cnc(C4CCCN4C(=O)[C@H](NC(=O)OC)c4ccccc4)[nH]3)ccc2-5)N(C(=O)[C@@H](NC(=O)OC)C(C)C)C1. The second-order valence-electron chi connectivity index (χ2n) is 17.1. The standard InChI is InChI=1S/C48H52N8O8/c1-26(2)40(53-47(59)62-4)45(57)56-23-27(24-61-3)18-38(56)44-50-35-16-14-29-20-34-32-15-13-30(19-31(32)25-64-39(34)21-33(29)42(35)52-44)36-22-49-43(51-36)37-12-9-17-55(37)46(58)41(54-48(60)63-5)28-10-7-6-8-11-28/h6-8,10-11,13-16,19-22,26-27,37-38,40-41H,9,12,17-18,23-25H2,1-5H3,(H,49,51)(H,50,52)(H,53,59)(H,54,60)/t27-,37?,38-,40-,41+/m0/s1. The van der Waals surface area contributed by atoms with E-state index in [0.717, 1.165) is 68.3 Å². The summed E-state index contributed by atoms with van der Waals surface area (Å²) in [5.41, 5.74) is 7.13. The molecule has 2 saturated heterocycles. The number of H-pyrrole nitrogens is 2. The van der Waals surface area contributed by atoms with Gasteiger partial charge in [-0.2, -0.15) is 0 Å². The van der Waals surface area contributed by atoms with Crippen LogP contribution in [0.5, 0.6) is 5.75 Å². The molecule has 5 heterocycles. The molecule has 1 unspecified atom stereocenters. The van der Waals surface area contributed by atoms with Gasteiger partial charge in [-0.1, -0.05) is 62.4 Å². The lowest BCUT2D eigenvalue weighted by Gasteiger charge is -2.30. The lowest BCUT2D eigenvalue weighted by Crippen LogP contribution is -2.51. The highest BCUT2D eigenvalue weighted by Crippen LogP contribution is 2.44. The van der Waals surface area contributed by atoms with Crippen molar-refractivity contribution in [3.63, 3.8) is 0 Å². The molecule has 3 aliphatic heterocycles. The van der Waals surface area contributed by atoms with E-state index >= 15 is 0 Å². The number of aromatic amines is 2. The molecule has 0 radical (unpaired) electrons. The lowest BCUT2D eigenvalue weighted by atomic mass is 9.92. The van der Waals surface area contributed by atoms with Gasteiger partial charge >= 0.3 is 12.2 Å². The average molecular weight is 869 g/mol. The summed E-state index contributed by atoms with van der Waals surface area (Å²) in [5, 5.41) is 7.41. The predicted molar refractivity (Wildman–Crippen MR) is 238 cm³/mol. The Kier molecular flexibility index (Phi) is 11.7. The van der Waals surface area contributed by atoms with E-state index in [1.807, 2.05) is 55.1 Å². The van der Waals surface area contributed by atoms with Crippen LogP contribution in [0.1, 0.15) is 74.0 Å². The molecule has 0 bridgehead atoms. The number of carbonyl (C=O) groups excluding carboxylic acids is 4. The fraction of sp³-hybridized carbons (Fsp3) is 0.375. The minimum atomic E-state index is -0.899. The van der Waals surface area contributed by atoms with Crippen LogP contribution in [0.15, 0.2) is 79.0 Å². The zero-order valence-electron chi connectivity index (χ0n) is 36.5. The first-order chi connectivity index (χ1) is 31.0. The van der Waals surface area contributed by atoms with Crippen molar-refractivity contribution in [1.29, 1.82) is 0 Å². The summed E-state index contributed by atoms with van der Waals surface area (Å²) in [5.74, 6) is 1.62. The van der Waals surface area contributed by atoms with Gasteiger partial charge in [0.05, 0.1) is 55.8 Å². The average Bonchev–Trinajstić information content (AvgIpc) is 4.15. The number of ether oxygens (including phenoxy) is 4. The van der Waals surface area contributed by atoms with Crippen molar-refractivity contribution in [1.82, 2.24) is 40.4 Å². The van der Waals surface area contributed by atoms with Crippen LogP contribution < -0.4 is 15.4 Å². The first-order valence-electron chi connectivity index (χ1n) is 21.7. The van der Waals surface area contributed by atoms with Crippen molar-refractivity contribution in [2.75, 3.05) is 41.0 Å². The Labute approximate surface area is 370 Å². The fourth-order valence-corrected chi connectivity index (χ4v) is 9.54. The number of fused-ring (bicyclic) bond motifs is 6. The number of aromatic nitrogens is 4. The molecule has 16 heteroatoms. The summed E-state index contributed by atoms with van der Waals surface area (Å²) in [7, 11) is 4.22. The van der Waals surface area contributed by atoms with Crippen LogP contribution >= 0.6 is 0 Å². The molecule has 16 nitrogen and oxygen atoms in total. The summed E-state index contributed by atoms with van der Waals surface area (Å²) in [4.78, 5) is 73.1. The molecular formula is C48H52N8O8. The number of nitrogens with one attached hydrogen (secondary N) is 4. The molecule has 3 aliphatic rings. The van der Waals surface area contributed by atoms with Crippen molar-refractivity contribution in [2.24, 2.45) is 11.8 Å². The van der Waals surface area contributed by atoms with E-state index in [1.165, 1.54) is 14.2 Å². The molecule has 4 aromatic carbocycles. The van der Waals surface area contributed by atoms with Gasteiger partial charge in [0.1, 0.15) is 36.1 Å². The third kappa shape index (κ3) is 7.97. The van der Waals surface area contributed by atoms with Gasteiger partial charge in [-0.15, -0.1) is 0 Å². The molecule has 6 aromatic rings. The number of benzene rings is 4. The number of amides is 4. The van der Waals surface area contributed by atoms with Gasteiger partial charge in [0.2, 0.25) is 5.91 Å². The van der Waals surface area contributed by atoms with E-state index in [0.29, 0.717) is 49.9 Å². The molecule has 9 rings (SSSR count). The first kappa shape index (κ1) is 42.4. The highest BCUT2D eigenvalue weighted by Gasteiger charge is 2.42. The Balaban J connectivity index is 0.966. The normalized spacial score (nSPS) is 18.9. The maximum atomic E-state index is 14.1. The molecule has 0 saturated carbocycles. The lowest BCUT2D eigenvalue weighted by molar-refractivity contribution is -0.136. The third-order valence-corrected chi connectivity index (χ3v) is 12.7. The van der Waals surface area contributed by atoms with Crippen molar-refractivity contribution < 1.29 is 38.1 Å². The molecule has 2 aromatic heterocycles. The van der Waals surface area contributed by atoms with Crippen molar-refractivity contribution in [2.45, 2.75) is 63.9 Å². The molecule has 5 atom stereocenters. The van der Waals surface area contributed by atoms with E-state index < -0.39 is 24.3 Å². The maximum Gasteiger partial charge on any atom is 0.407 e. The van der Waals surface area contributed by atoms with Gasteiger partial charge in [0.25, 0.3) is 5.91 Å². The van der Waals surface area contributed by atoms with Crippen LogP contribution in [0.3, 0.4) is 0 Å². The van der Waals surface area contributed by atoms with Gasteiger partial charge in [0, 0.05) is 37.1 Å². The van der Waals surface area contributed by atoms with E-state index in [4.69, 9.17) is 28.9 Å². The number of carbonyl (C=O) groups is 4. The summed E-state index contributed by atoms with van der Waals surface area (Å²) in [6.45, 7) is 5.65. The highest BCUT2D eigenvalue weighted by molar-refractivity contribution is 6.07. The minimum Gasteiger partial charge on any atom is -0.488 e. The minimum absolute atomic E-state index is 0.0935. The predicted octanol–water partition coefficient (Wildman–Crippen LogP) is 7.34. The van der Waals surface area contributed by atoms with Crippen molar-refractivity contribution in [3.05, 3.63) is 102 Å². The monoisotopic (exact) mass is 868 g/mol. The number of imidazole rings is 2. The largest absolute Gasteiger partial charge is 0.488 e. The smallest absolute Gasteiger partial charge is 0.407 e. The van der Waals surface area contributed by atoms with E-state index in [9.17, 15) is 19.2 Å². The fourth-order valence-electron chi connectivity index (χ4n) is 9.54. The van der Waals surface area contributed by atoms with Gasteiger partial charge in [-0.3, -0.25) is 9.59 Å². The van der Waals surface area contributed by atoms with Crippen LogP contribution in [0.4, 0.5) is 9.59 Å². The molecule has 0 spiro atoms. The summed E-state index contributed by atoms with van der Waals surface area (Å²) in [6, 6.07) is 21.4. The topological polar surface area (TPSA) is 193 Å². The zero-order valence-corrected chi connectivity index (χ0v) is 36.5. The molecule has 332 valence electrons. The molecule has 4 amide bonds. The molecule has 64 heavy (non-hydrogen) atoms. The number of likely N-dealkylation sites (tertiary alicyclic amines) is 2. The number of alkyl carbamates (subject to hydrolysis) is 2. The van der Waals surface area contributed by atoms with E-state index in [1.54, 1.807) is 18.2 Å². The number of methoxy groups -OCH3 is 3. The summed E-state index contributed by atoms with van der Waals surface area (Å²) >= 11 is 0. The molecular weight excluding hydrogens is 817 g/mol. The number of nitrogens with zero attached hydrogens (tertiary/aromatic N) is 4. The van der Waals surface area contributed by atoms with E-state index in [-0.39, 0.29) is 35.7 Å². The second kappa shape index (κ2) is 17.7. The Morgan fingerprint density at radius 3 is 2.42 bits per heavy atom. The van der Waals surface area contributed by atoms with Crippen LogP contribution in [-0.4, -0.2) is 101 Å². The Morgan fingerprint density at radius 1 is 0.859 bits per heavy atom. The highest BCUT2D eigenvalue weighted by atomic mass is 16.5. The number of hydrogen-bond acceptors (Lipinski definition) is 10. The number of rotatable bonds is 11. The Hall–Kier alpha value is -6.94. The number of hydrogen-bond donors (Lipinski definition) is 4. The second-order valence-corrected chi connectivity index (χ2v) is 17.1. The first-order valence-corrected chi connectivity index (χ1v) is 21.7. The quantitative estimate of drug-likeness (QED) is 0.102. The van der Waals surface area contributed by atoms with Crippen LogP contribution in [-0.2, 0) is 30.4 Å². The molecule has 0 aliphatic carbocycles. The van der Waals surface area contributed by atoms with Crippen LogP contribution in [0.25, 0.3) is 44.2 Å². The summed E-state index contributed by atoms with van der Waals surface area (Å²) in [6.07, 6.45) is 2.66. The van der Waals surface area contributed by atoms with E-state index in [2.05, 4.69) is 57.0 Å². The van der Waals surface area contributed by atoms with Crippen LogP contribution in [0.2, 0.25) is 0 Å². The van der Waals surface area contributed by atoms with Crippen molar-refractivity contribution in [3.8, 4) is 28.1 Å². The third-order valence-electron chi connectivity index (χ3n) is 12.7. The Bertz CT molecular complexity index is 2730. The Morgan fingerprint density at radius 2 is 1.66 bits per heavy atom. The van der Waals surface area contributed by atoms with Gasteiger partial charge in [-0.05, 0) is 77.1 Å². The molecule has 2 fully saturated rings. The van der Waals surface area contributed by atoms with Gasteiger partial charge in [0.15, 0.2) is 0 Å². The van der Waals surface area contributed by atoms with Gasteiger partial charge in [-0.25, -0.2) is 19.6 Å². The zero-order chi connectivity index (χ0) is 44.6. The maximum absolute atomic E-state index is 14.1. The molecule has 4 N–H and O–H groups in total. The van der Waals surface area contributed by atoms with Crippen LogP contribution in [0, 0.1) is 11.8 Å². The summed E-state index contributed by atoms with van der Waals surface area (Å²) < 4.78 is 21.6. The van der Waals surface area contributed by atoms with Gasteiger partial charge < -0.3 is 49.3 Å². The van der Waals surface area contributed by atoms with Crippen molar-refractivity contribution >= 4 is 45.8 Å².